The fourth-order valence-corrected chi connectivity index (χ4v) is 2.10. The lowest BCUT2D eigenvalue weighted by atomic mass is 10.1. The van der Waals surface area contributed by atoms with Crippen molar-refractivity contribution in [2.45, 2.75) is 6.92 Å². The van der Waals surface area contributed by atoms with E-state index in [0.29, 0.717) is 23.7 Å². The van der Waals surface area contributed by atoms with Crippen LogP contribution < -0.4 is 14.8 Å². The van der Waals surface area contributed by atoms with E-state index in [2.05, 4.69) is 5.32 Å². The summed E-state index contributed by atoms with van der Waals surface area (Å²) in [6.07, 6.45) is 1.39. The van der Waals surface area contributed by atoms with Crippen molar-refractivity contribution in [3.63, 3.8) is 0 Å². The summed E-state index contributed by atoms with van der Waals surface area (Å²) >= 11 is 0. The summed E-state index contributed by atoms with van der Waals surface area (Å²) in [5.41, 5.74) is 0.380. The van der Waals surface area contributed by atoms with Gasteiger partial charge in [0.1, 0.15) is 29.0 Å². The Hall–Kier alpha value is -3.33. The highest BCUT2D eigenvalue weighted by molar-refractivity contribution is 6.09. The van der Waals surface area contributed by atoms with Crippen molar-refractivity contribution in [2.24, 2.45) is 0 Å². The van der Waals surface area contributed by atoms with E-state index in [1.54, 1.807) is 24.3 Å². The first-order valence-electron chi connectivity index (χ1n) is 7.57. The van der Waals surface area contributed by atoms with Crippen LogP contribution >= 0.6 is 0 Å². The van der Waals surface area contributed by atoms with Gasteiger partial charge in [0.2, 0.25) is 0 Å². The van der Waals surface area contributed by atoms with E-state index in [1.165, 1.54) is 31.4 Å². The van der Waals surface area contributed by atoms with Crippen LogP contribution in [0.15, 0.2) is 48.0 Å². The Morgan fingerprint density at radius 3 is 2.72 bits per heavy atom. The number of nitriles is 1. The highest BCUT2D eigenvalue weighted by Crippen LogP contribution is 2.27. The number of para-hydroxylation sites is 1. The smallest absolute Gasteiger partial charge is 0.266 e. The van der Waals surface area contributed by atoms with Gasteiger partial charge in [-0.25, -0.2) is 4.39 Å². The standard InChI is InChI=1S/C19H17FN2O3/c1-3-25-18-11-15(24-2)9-8-13(18)10-14(12-21)19(23)22-17-7-5-4-6-16(17)20/h4-11H,3H2,1-2H3,(H,22,23)/b14-10+. The zero-order valence-electron chi connectivity index (χ0n) is 13.9. The molecular formula is C19H17FN2O3. The second kappa shape index (κ2) is 8.50. The molecule has 2 aromatic carbocycles. The average Bonchev–Trinajstić information content (AvgIpc) is 2.62. The third kappa shape index (κ3) is 4.58. The highest BCUT2D eigenvalue weighted by Gasteiger charge is 2.13. The van der Waals surface area contributed by atoms with Crippen LogP contribution in [0.1, 0.15) is 12.5 Å². The minimum absolute atomic E-state index is 0.00779. The first kappa shape index (κ1) is 18.0. The van der Waals surface area contributed by atoms with Gasteiger partial charge in [0.05, 0.1) is 19.4 Å². The number of nitrogens with one attached hydrogen (secondary N) is 1. The number of carbonyl (C=O) groups is 1. The van der Waals surface area contributed by atoms with Gasteiger partial charge in [-0.3, -0.25) is 4.79 Å². The molecular weight excluding hydrogens is 323 g/mol. The Balaban J connectivity index is 2.32. The first-order chi connectivity index (χ1) is 12.1. The molecule has 25 heavy (non-hydrogen) atoms. The predicted molar refractivity (Wildman–Crippen MR) is 92.8 cm³/mol. The Morgan fingerprint density at radius 2 is 2.08 bits per heavy atom. The normalized spacial score (nSPS) is 10.7. The van der Waals surface area contributed by atoms with Crippen LogP contribution in [0.4, 0.5) is 10.1 Å². The summed E-state index contributed by atoms with van der Waals surface area (Å²) in [7, 11) is 1.53. The molecule has 0 saturated heterocycles. The molecule has 0 aliphatic rings. The number of ether oxygens (including phenoxy) is 2. The molecule has 0 aliphatic carbocycles. The van der Waals surface area contributed by atoms with E-state index in [-0.39, 0.29) is 11.3 Å². The summed E-state index contributed by atoms with van der Waals surface area (Å²) in [6.45, 7) is 2.24. The zero-order valence-corrected chi connectivity index (χ0v) is 13.9. The summed E-state index contributed by atoms with van der Waals surface area (Å²) in [5.74, 6) is -0.207. The Labute approximate surface area is 145 Å². The lowest BCUT2D eigenvalue weighted by Crippen LogP contribution is -2.14. The molecule has 0 bridgehead atoms. The van der Waals surface area contributed by atoms with Crippen molar-refractivity contribution >= 4 is 17.7 Å². The van der Waals surface area contributed by atoms with Gasteiger partial charge in [-0.1, -0.05) is 12.1 Å². The van der Waals surface area contributed by atoms with Gasteiger partial charge in [0, 0.05) is 11.6 Å². The van der Waals surface area contributed by atoms with Crippen molar-refractivity contribution in [3.8, 4) is 17.6 Å². The van der Waals surface area contributed by atoms with Gasteiger partial charge >= 0.3 is 0 Å². The number of benzene rings is 2. The number of methoxy groups -OCH3 is 1. The van der Waals surface area contributed by atoms with E-state index in [0.717, 1.165) is 0 Å². The van der Waals surface area contributed by atoms with Gasteiger partial charge in [0.25, 0.3) is 5.91 Å². The number of hydrogen-bond acceptors (Lipinski definition) is 4. The zero-order chi connectivity index (χ0) is 18.2. The lowest BCUT2D eigenvalue weighted by molar-refractivity contribution is -0.112. The van der Waals surface area contributed by atoms with Gasteiger partial charge < -0.3 is 14.8 Å². The van der Waals surface area contributed by atoms with Crippen molar-refractivity contribution in [3.05, 3.63) is 59.4 Å². The Kier molecular flexibility index (Phi) is 6.13. The second-order valence-corrected chi connectivity index (χ2v) is 4.94. The Bertz CT molecular complexity index is 841. The molecule has 1 amide bonds. The number of rotatable bonds is 6. The van der Waals surface area contributed by atoms with Gasteiger partial charge in [-0.15, -0.1) is 0 Å². The molecule has 0 spiro atoms. The predicted octanol–water partition coefficient (Wildman–Crippen LogP) is 3.78. The Morgan fingerprint density at radius 1 is 1.32 bits per heavy atom. The molecule has 1 N–H and O–H groups in total. The molecule has 128 valence electrons. The number of amides is 1. The summed E-state index contributed by atoms with van der Waals surface area (Å²) in [5, 5.41) is 11.7. The highest BCUT2D eigenvalue weighted by atomic mass is 19.1. The first-order valence-corrected chi connectivity index (χ1v) is 7.57. The van der Waals surface area contributed by atoms with E-state index in [9.17, 15) is 14.4 Å². The van der Waals surface area contributed by atoms with Gasteiger partial charge in [0.15, 0.2) is 0 Å². The van der Waals surface area contributed by atoms with Crippen LogP contribution in [0.3, 0.4) is 0 Å². The van der Waals surface area contributed by atoms with Crippen LogP contribution in [0.5, 0.6) is 11.5 Å². The molecule has 0 aromatic heterocycles. The SMILES string of the molecule is CCOc1cc(OC)ccc1/C=C(\C#N)C(=O)Nc1ccccc1F. The maximum absolute atomic E-state index is 13.6. The van der Waals surface area contributed by atoms with Gasteiger partial charge in [-0.2, -0.15) is 5.26 Å². The van der Waals surface area contributed by atoms with E-state index in [4.69, 9.17) is 9.47 Å². The van der Waals surface area contributed by atoms with Crippen LogP contribution in [-0.2, 0) is 4.79 Å². The molecule has 2 rings (SSSR count). The molecule has 0 atom stereocenters. The lowest BCUT2D eigenvalue weighted by Gasteiger charge is -2.10. The second-order valence-electron chi connectivity index (χ2n) is 4.94. The molecule has 0 fully saturated rings. The number of anilines is 1. The third-order valence-corrected chi connectivity index (χ3v) is 3.31. The number of hydrogen-bond donors (Lipinski definition) is 1. The minimum atomic E-state index is -0.703. The van der Waals surface area contributed by atoms with Crippen molar-refractivity contribution in [2.75, 3.05) is 19.0 Å². The summed E-state index contributed by atoms with van der Waals surface area (Å²) in [4.78, 5) is 12.3. The monoisotopic (exact) mass is 340 g/mol. The molecule has 0 aliphatic heterocycles. The minimum Gasteiger partial charge on any atom is -0.497 e. The van der Waals surface area contributed by atoms with Crippen LogP contribution in [-0.4, -0.2) is 19.6 Å². The molecule has 2 aromatic rings. The van der Waals surface area contributed by atoms with E-state index < -0.39 is 11.7 Å². The van der Waals surface area contributed by atoms with Crippen LogP contribution in [0.25, 0.3) is 6.08 Å². The maximum atomic E-state index is 13.6. The quantitative estimate of drug-likeness (QED) is 0.642. The molecule has 0 heterocycles. The summed E-state index contributed by atoms with van der Waals surface area (Å²) in [6, 6.07) is 12.6. The average molecular weight is 340 g/mol. The third-order valence-electron chi connectivity index (χ3n) is 3.31. The van der Waals surface area contributed by atoms with Crippen molar-refractivity contribution in [1.82, 2.24) is 0 Å². The molecule has 5 nitrogen and oxygen atoms in total. The molecule has 0 saturated carbocycles. The van der Waals surface area contributed by atoms with Crippen LogP contribution in [0, 0.1) is 17.1 Å². The van der Waals surface area contributed by atoms with Crippen LogP contribution in [0.2, 0.25) is 0 Å². The maximum Gasteiger partial charge on any atom is 0.266 e. The molecule has 6 heteroatoms. The largest absolute Gasteiger partial charge is 0.497 e. The number of nitrogens with zero attached hydrogens (tertiary/aromatic N) is 1. The molecule has 0 unspecified atom stereocenters. The molecule has 0 radical (unpaired) electrons. The number of carbonyl (C=O) groups excluding carboxylic acids is 1. The van der Waals surface area contributed by atoms with E-state index in [1.807, 2.05) is 13.0 Å². The fraction of sp³-hybridized carbons (Fsp3) is 0.158. The van der Waals surface area contributed by atoms with Gasteiger partial charge in [-0.05, 0) is 37.3 Å². The van der Waals surface area contributed by atoms with Crippen molar-refractivity contribution in [1.29, 1.82) is 5.26 Å². The fourth-order valence-electron chi connectivity index (χ4n) is 2.10. The van der Waals surface area contributed by atoms with E-state index >= 15 is 0 Å². The van der Waals surface area contributed by atoms with Crippen molar-refractivity contribution < 1.29 is 18.7 Å². The summed E-state index contributed by atoms with van der Waals surface area (Å²) < 4.78 is 24.3. The number of halogens is 1. The topological polar surface area (TPSA) is 71.3 Å².